The zero-order valence-electron chi connectivity index (χ0n) is 15.6. The fourth-order valence-corrected chi connectivity index (χ4v) is 4.35. The summed E-state index contributed by atoms with van der Waals surface area (Å²) in [6.07, 6.45) is 3.32. The third-order valence-electron chi connectivity index (χ3n) is 3.81. The SMILES string of the molecule is CN(C)CCSSCCOC(=O)Cc1ccc(OC2CCCCO2)cc1. The molecule has 1 unspecified atom stereocenters. The van der Waals surface area contributed by atoms with Crippen LogP contribution in [0.4, 0.5) is 0 Å². The van der Waals surface area contributed by atoms with E-state index in [2.05, 4.69) is 19.0 Å². The second-order valence-corrected chi connectivity index (χ2v) is 9.10. The normalized spacial score (nSPS) is 17.3. The lowest BCUT2D eigenvalue weighted by Gasteiger charge is -2.23. The van der Waals surface area contributed by atoms with E-state index in [1.165, 1.54) is 0 Å². The lowest BCUT2D eigenvalue weighted by Crippen LogP contribution is -2.24. The predicted octanol–water partition coefficient (Wildman–Crippen LogP) is 3.62. The fourth-order valence-electron chi connectivity index (χ4n) is 2.39. The summed E-state index contributed by atoms with van der Waals surface area (Å²) < 4.78 is 16.7. The maximum atomic E-state index is 11.9. The van der Waals surface area contributed by atoms with E-state index in [1.807, 2.05) is 35.1 Å². The molecule has 0 bridgehead atoms. The van der Waals surface area contributed by atoms with Gasteiger partial charge in [-0.15, -0.1) is 0 Å². The first-order valence-electron chi connectivity index (χ1n) is 9.05. The van der Waals surface area contributed by atoms with Crippen LogP contribution in [0.3, 0.4) is 0 Å². The van der Waals surface area contributed by atoms with Crippen LogP contribution in [0.2, 0.25) is 0 Å². The molecule has 0 saturated carbocycles. The van der Waals surface area contributed by atoms with E-state index in [0.29, 0.717) is 13.0 Å². The van der Waals surface area contributed by atoms with Gasteiger partial charge in [-0.2, -0.15) is 0 Å². The molecule has 0 N–H and O–H groups in total. The quantitative estimate of drug-likeness (QED) is 0.320. The van der Waals surface area contributed by atoms with Crippen LogP contribution in [0.5, 0.6) is 5.75 Å². The van der Waals surface area contributed by atoms with Crippen molar-refractivity contribution in [2.75, 3.05) is 45.4 Å². The first kappa shape index (κ1) is 21.4. The molecule has 26 heavy (non-hydrogen) atoms. The molecule has 1 fully saturated rings. The molecular formula is C19H29NO4S2. The summed E-state index contributed by atoms with van der Waals surface area (Å²) in [5, 5.41) is 0. The van der Waals surface area contributed by atoms with E-state index in [0.717, 1.165) is 55.2 Å². The highest BCUT2D eigenvalue weighted by Crippen LogP contribution is 2.21. The zero-order valence-corrected chi connectivity index (χ0v) is 17.3. The number of nitrogens with zero attached hydrogens (tertiary/aromatic N) is 1. The van der Waals surface area contributed by atoms with E-state index in [4.69, 9.17) is 14.2 Å². The van der Waals surface area contributed by atoms with Gasteiger partial charge in [0, 0.05) is 24.5 Å². The van der Waals surface area contributed by atoms with Gasteiger partial charge in [0.25, 0.3) is 0 Å². The molecule has 1 atom stereocenters. The van der Waals surface area contributed by atoms with Crippen LogP contribution in [0.15, 0.2) is 24.3 Å². The van der Waals surface area contributed by atoms with Crippen molar-refractivity contribution in [3.8, 4) is 5.75 Å². The van der Waals surface area contributed by atoms with E-state index in [1.54, 1.807) is 10.8 Å². The van der Waals surface area contributed by atoms with Crippen LogP contribution in [-0.2, 0) is 20.7 Å². The molecule has 7 heteroatoms. The van der Waals surface area contributed by atoms with Crippen LogP contribution in [0.1, 0.15) is 24.8 Å². The Hall–Kier alpha value is -0.890. The zero-order chi connectivity index (χ0) is 18.6. The first-order valence-corrected chi connectivity index (χ1v) is 11.5. The Labute approximate surface area is 164 Å². The predicted molar refractivity (Wildman–Crippen MR) is 109 cm³/mol. The number of carbonyl (C=O) groups is 1. The molecule has 1 aromatic carbocycles. The molecule has 146 valence electrons. The van der Waals surface area contributed by atoms with E-state index < -0.39 is 0 Å². The number of carbonyl (C=O) groups excluding carboxylic acids is 1. The van der Waals surface area contributed by atoms with Crippen LogP contribution < -0.4 is 4.74 Å². The van der Waals surface area contributed by atoms with Gasteiger partial charge in [-0.05, 0) is 44.6 Å². The third kappa shape index (κ3) is 9.16. The summed E-state index contributed by atoms with van der Waals surface area (Å²) in [6, 6.07) is 7.59. The number of rotatable bonds is 11. The minimum Gasteiger partial charge on any atom is -0.465 e. The van der Waals surface area contributed by atoms with E-state index >= 15 is 0 Å². The second kappa shape index (κ2) is 12.5. The third-order valence-corrected chi connectivity index (χ3v) is 6.16. The van der Waals surface area contributed by atoms with Gasteiger partial charge in [-0.3, -0.25) is 4.79 Å². The molecule has 1 saturated heterocycles. The molecule has 5 nitrogen and oxygen atoms in total. The largest absolute Gasteiger partial charge is 0.465 e. The summed E-state index contributed by atoms with van der Waals surface area (Å²) in [4.78, 5) is 14.1. The standard InChI is InChI=1S/C19H29NO4S2/c1-20(2)10-13-25-26-14-12-22-18(21)15-16-6-8-17(9-7-16)24-19-5-3-4-11-23-19/h6-9,19H,3-5,10-15H2,1-2H3. The van der Waals surface area contributed by atoms with Gasteiger partial charge in [0.2, 0.25) is 0 Å². The monoisotopic (exact) mass is 399 g/mol. The van der Waals surface area contributed by atoms with E-state index in [-0.39, 0.29) is 12.3 Å². The number of esters is 1. The van der Waals surface area contributed by atoms with Gasteiger partial charge in [0.05, 0.1) is 13.0 Å². The van der Waals surface area contributed by atoms with Crippen molar-refractivity contribution < 1.29 is 19.0 Å². The van der Waals surface area contributed by atoms with Gasteiger partial charge in [-0.25, -0.2) is 0 Å². The average molecular weight is 400 g/mol. The molecule has 1 heterocycles. The molecule has 1 aliphatic rings. The van der Waals surface area contributed by atoms with E-state index in [9.17, 15) is 4.79 Å². The molecule has 0 spiro atoms. The lowest BCUT2D eigenvalue weighted by atomic mass is 10.1. The fraction of sp³-hybridized carbons (Fsp3) is 0.632. The Morgan fingerprint density at radius 3 is 2.65 bits per heavy atom. The van der Waals surface area contributed by atoms with Crippen molar-refractivity contribution >= 4 is 27.6 Å². The summed E-state index contributed by atoms with van der Waals surface area (Å²) in [6.45, 7) is 2.28. The molecule has 1 aliphatic heterocycles. The first-order chi connectivity index (χ1) is 12.6. The lowest BCUT2D eigenvalue weighted by molar-refractivity contribution is -0.142. The van der Waals surface area contributed by atoms with Crippen LogP contribution in [0, 0.1) is 0 Å². The molecule has 0 radical (unpaired) electrons. The van der Waals surface area contributed by atoms with Crippen molar-refractivity contribution in [2.24, 2.45) is 0 Å². The topological polar surface area (TPSA) is 48.0 Å². The van der Waals surface area contributed by atoms with Crippen molar-refractivity contribution in [3.05, 3.63) is 29.8 Å². The Bertz CT molecular complexity index is 519. The van der Waals surface area contributed by atoms with Crippen molar-refractivity contribution in [1.82, 2.24) is 4.90 Å². The van der Waals surface area contributed by atoms with Crippen molar-refractivity contribution in [1.29, 1.82) is 0 Å². The summed E-state index contributed by atoms with van der Waals surface area (Å²) >= 11 is 0. The Balaban J connectivity index is 1.58. The Morgan fingerprint density at radius 2 is 1.96 bits per heavy atom. The van der Waals surface area contributed by atoms with Crippen LogP contribution in [0.25, 0.3) is 0 Å². The van der Waals surface area contributed by atoms with Gasteiger partial charge >= 0.3 is 5.97 Å². The van der Waals surface area contributed by atoms with Gasteiger partial charge in [-0.1, -0.05) is 33.7 Å². The molecule has 1 aromatic rings. The van der Waals surface area contributed by atoms with Gasteiger partial charge < -0.3 is 19.1 Å². The molecular weight excluding hydrogens is 370 g/mol. The minimum absolute atomic E-state index is 0.146. The highest BCUT2D eigenvalue weighted by molar-refractivity contribution is 8.76. The molecule has 0 aliphatic carbocycles. The minimum atomic E-state index is -0.187. The van der Waals surface area contributed by atoms with Crippen LogP contribution in [-0.4, -0.2) is 62.5 Å². The van der Waals surface area contributed by atoms with Crippen molar-refractivity contribution in [2.45, 2.75) is 32.0 Å². The highest BCUT2D eigenvalue weighted by Gasteiger charge is 2.15. The highest BCUT2D eigenvalue weighted by atomic mass is 33.1. The average Bonchev–Trinajstić information content (AvgIpc) is 2.63. The Kier molecular flexibility index (Phi) is 10.3. The summed E-state index contributed by atoms with van der Waals surface area (Å²) in [5.41, 5.74) is 0.930. The summed E-state index contributed by atoms with van der Waals surface area (Å²) in [5.74, 6) is 2.48. The van der Waals surface area contributed by atoms with Gasteiger partial charge in [0.15, 0.2) is 6.29 Å². The second-order valence-electron chi connectivity index (χ2n) is 6.40. The summed E-state index contributed by atoms with van der Waals surface area (Å²) in [7, 11) is 7.69. The Morgan fingerprint density at radius 1 is 1.19 bits per heavy atom. The number of hydrogen-bond acceptors (Lipinski definition) is 7. The van der Waals surface area contributed by atoms with Crippen molar-refractivity contribution in [3.63, 3.8) is 0 Å². The number of hydrogen-bond donors (Lipinski definition) is 0. The molecule has 0 amide bonds. The number of ether oxygens (including phenoxy) is 3. The molecule has 2 rings (SSSR count). The maximum absolute atomic E-state index is 11.9. The van der Waals surface area contributed by atoms with Gasteiger partial charge in [0.1, 0.15) is 12.4 Å². The molecule has 0 aromatic heterocycles. The van der Waals surface area contributed by atoms with Crippen LogP contribution >= 0.6 is 21.6 Å². The number of benzene rings is 1. The smallest absolute Gasteiger partial charge is 0.310 e. The maximum Gasteiger partial charge on any atom is 0.310 e.